The van der Waals surface area contributed by atoms with Gasteiger partial charge in [-0.25, -0.2) is 4.98 Å². The summed E-state index contributed by atoms with van der Waals surface area (Å²) in [4.78, 5) is 7.45. The minimum atomic E-state index is -0.584. The molecule has 0 radical (unpaired) electrons. The molecule has 0 saturated carbocycles. The van der Waals surface area contributed by atoms with E-state index in [1.807, 2.05) is 37.6 Å². The molecular weight excluding hydrogens is 228 g/mol. The molecule has 18 heavy (non-hydrogen) atoms. The molecule has 5 nitrogen and oxygen atoms in total. The van der Waals surface area contributed by atoms with Crippen molar-refractivity contribution in [1.82, 2.24) is 19.7 Å². The third-order valence-electron chi connectivity index (χ3n) is 2.93. The Bertz CT molecular complexity index is 696. The van der Waals surface area contributed by atoms with E-state index in [2.05, 4.69) is 15.1 Å². The molecular formula is C13H14N4O. The third-order valence-corrected chi connectivity index (χ3v) is 2.93. The SMILES string of the molecule is C[C@H](O)c1nc2ccc(-c3cnn(C)c3)cc2[nH]1. The Kier molecular flexibility index (Phi) is 2.41. The molecule has 1 aromatic carbocycles. The Morgan fingerprint density at radius 1 is 1.33 bits per heavy atom. The minimum absolute atomic E-state index is 0.584. The van der Waals surface area contributed by atoms with Gasteiger partial charge in [0.25, 0.3) is 0 Å². The molecule has 0 aliphatic rings. The van der Waals surface area contributed by atoms with Crippen molar-refractivity contribution in [2.45, 2.75) is 13.0 Å². The summed E-state index contributed by atoms with van der Waals surface area (Å²) in [6.07, 6.45) is 3.21. The summed E-state index contributed by atoms with van der Waals surface area (Å²) in [5, 5.41) is 13.7. The number of hydrogen-bond donors (Lipinski definition) is 2. The van der Waals surface area contributed by atoms with Crippen LogP contribution in [0.15, 0.2) is 30.6 Å². The Morgan fingerprint density at radius 3 is 2.83 bits per heavy atom. The van der Waals surface area contributed by atoms with E-state index in [1.165, 1.54) is 0 Å². The van der Waals surface area contributed by atoms with Crippen molar-refractivity contribution < 1.29 is 5.11 Å². The van der Waals surface area contributed by atoms with Crippen molar-refractivity contribution >= 4 is 11.0 Å². The average Bonchev–Trinajstić information content (AvgIpc) is 2.93. The molecule has 0 spiro atoms. The van der Waals surface area contributed by atoms with Gasteiger partial charge in [-0.2, -0.15) is 5.10 Å². The van der Waals surface area contributed by atoms with E-state index >= 15 is 0 Å². The standard InChI is InChI=1S/C13H14N4O/c1-8(18)13-15-11-4-3-9(5-12(11)16-13)10-6-14-17(2)7-10/h3-8,18H,1-2H3,(H,15,16)/t8-/m0/s1. The molecule has 3 rings (SSSR count). The molecule has 2 N–H and O–H groups in total. The van der Waals surface area contributed by atoms with Gasteiger partial charge in [-0.3, -0.25) is 4.68 Å². The van der Waals surface area contributed by atoms with Crippen LogP contribution < -0.4 is 0 Å². The van der Waals surface area contributed by atoms with Crippen LogP contribution >= 0.6 is 0 Å². The van der Waals surface area contributed by atoms with Gasteiger partial charge < -0.3 is 10.1 Å². The number of rotatable bonds is 2. The summed E-state index contributed by atoms with van der Waals surface area (Å²) in [7, 11) is 1.89. The zero-order chi connectivity index (χ0) is 12.7. The van der Waals surface area contributed by atoms with Crippen molar-refractivity contribution in [2.24, 2.45) is 7.05 Å². The van der Waals surface area contributed by atoms with E-state index in [1.54, 1.807) is 11.6 Å². The van der Waals surface area contributed by atoms with Gasteiger partial charge in [0, 0.05) is 18.8 Å². The van der Waals surface area contributed by atoms with Crippen LogP contribution in [-0.4, -0.2) is 24.9 Å². The molecule has 0 saturated heterocycles. The van der Waals surface area contributed by atoms with Gasteiger partial charge in [0.05, 0.1) is 17.2 Å². The fourth-order valence-corrected chi connectivity index (χ4v) is 1.98. The van der Waals surface area contributed by atoms with Gasteiger partial charge in [-0.1, -0.05) is 6.07 Å². The lowest BCUT2D eigenvalue weighted by molar-refractivity contribution is 0.190. The molecule has 3 aromatic rings. The molecule has 0 bridgehead atoms. The Labute approximate surface area is 104 Å². The number of imidazole rings is 1. The first-order valence-electron chi connectivity index (χ1n) is 5.80. The second-order valence-electron chi connectivity index (χ2n) is 4.43. The second-order valence-corrected chi connectivity index (χ2v) is 4.43. The highest BCUT2D eigenvalue weighted by atomic mass is 16.3. The van der Waals surface area contributed by atoms with Gasteiger partial charge in [-0.05, 0) is 24.6 Å². The largest absolute Gasteiger partial charge is 0.385 e. The number of aliphatic hydroxyl groups excluding tert-OH is 1. The summed E-state index contributed by atoms with van der Waals surface area (Å²) in [6.45, 7) is 1.69. The average molecular weight is 242 g/mol. The van der Waals surface area contributed by atoms with Gasteiger partial charge in [0.15, 0.2) is 0 Å². The predicted octanol–water partition coefficient (Wildman–Crippen LogP) is 2.02. The van der Waals surface area contributed by atoms with Crippen molar-refractivity contribution in [3.05, 3.63) is 36.4 Å². The van der Waals surface area contributed by atoms with Gasteiger partial charge >= 0.3 is 0 Å². The van der Waals surface area contributed by atoms with Crippen molar-refractivity contribution in [3.8, 4) is 11.1 Å². The van der Waals surface area contributed by atoms with E-state index in [0.717, 1.165) is 22.2 Å². The lowest BCUT2D eigenvalue weighted by Gasteiger charge is -1.96. The first-order chi connectivity index (χ1) is 8.63. The van der Waals surface area contributed by atoms with E-state index in [9.17, 15) is 5.11 Å². The topological polar surface area (TPSA) is 66.7 Å². The van der Waals surface area contributed by atoms with E-state index < -0.39 is 6.10 Å². The number of benzene rings is 1. The van der Waals surface area contributed by atoms with Crippen LogP contribution in [0.25, 0.3) is 22.2 Å². The number of aryl methyl sites for hydroxylation is 1. The smallest absolute Gasteiger partial charge is 0.135 e. The first kappa shape index (κ1) is 11.0. The highest BCUT2D eigenvalue weighted by Crippen LogP contribution is 2.23. The number of aromatic amines is 1. The van der Waals surface area contributed by atoms with Crippen molar-refractivity contribution in [2.75, 3.05) is 0 Å². The molecule has 1 atom stereocenters. The fraction of sp³-hybridized carbons (Fsp3) is 0.231. The normalized spacial score (nSPS) is 13.1. The maximum absolute atomic E-state index is 9.51. The lowest BCUT2D eigenvalue weighted by atomic mass is 10.1. The minimum Gasteiger partial charge on any atom is -0.385 e. The number of nitrogens with one attached hydrogen (secondary N) is 1. The predicted molar refractivity (Wildman–Crippen MR) is 68.9 cm³/mol. The summed E-state index contributed by atoms with van der Waals surface area (Å²) < 4.78 is 1.77. The third kappa shape index (κ3) is 1.78. The number of H-pyrrole nitrogens is 1. The summed E-state index contributed by atoms with van der Waals surface area (Å²) in [5.41, 5.74) is 3.93. The fourth-order valence-electron chi connectivity index (χ4n) is 1.98. The number of aromatic nitrogens is 4. The first-order valence-corrected chi connectivity index (χ1v) is 5.80. The molecule has 2 aromatic heterocycles. The van der Waals surface area contributed by atoms with Gasteiger partial charge in [-0.15, -0.1) is 0 Å². The lowest BCUT2D eigenvalue weighted by Crippen LogP contribution is -1.92. The van der Waals surface area contributed by atoms with E-state index in [0.29, 0.717) is 5.82 Å². The maximum atomic E-state index is 9.51. The number of fused-ring (bicyclic) bond motifs is 1. The highest BCUT2D eigenvalue weighted by molar-refractivity contribution is 5.81. The van der Waals surface area contributed by atoms with Crippen LogP contribution in [0.4, 0.5) is 0 Å². The van der Waals surface area contributed by atoms with Crippen LogP contribution in [0, 0.1) is 0 Å². The molecule has 0 unspecified atom stereocenters. The molecule has 0 fully saturated rings. The van der Waals surface area contributed by atoms with Crippen molar-refractivity contribution in [1.29, 1.82) is 0 Å². The van der Waals surface area contributed by atoms with Gasteiger partial charge in [0.2, 0.25) is 0 Å². The Morgan fingerprint density at radius 2 is 2.17 bits per heavy atom. The van der Waals surface area contributed by atoms with E-state index in [4.69, 9.17) is 0 Å². The molecule has 0 aliphatic heterocycles. The second kappa shape index (κ2) is 3.96. The summed E-state index contributed by atoms with van der Waals surface area (Å²) in [6, 6.07) is 5.97. The summed E-state index contributed by atoms with van der Waals surface area (Å²) in [5.74, 6) is 0.591. The molecule has 5 heteroatoms. The van der Waals surface area contributed by atoms with Crippen LogP contribution in [0.2, 0.25) is 0 Å². The van der Waals surface area contributed by atoms with Gasteiger partial charge in [0.1, 0.15) is 11.9 Å². The molecule has 0 aliphatic carbocycles. The Balaban J connectivity index is 2.10. The maximum Gasteiger partial charge on any atom is 0.135 e. The zero-order valence-corrected chi connectivity index (χ0v) is 10.3. The molecule has 0 amide bonds. The van der Waals surface area contributed by atoms with Crippen LogP contribution in [0.1, 0.15) is 18.9 Å². The molecule has 92 valence electrons. The number of hydrogen-bond acceptors (Lipinski definition) is 3. The number of nitrogens with zero attached hydrogens (tertiary/aromatic N) is 3. The number of aliphatic hydroxyl groups is 1. The molecule has 2 heterocycles. The van der Waals surface area contributed by atoms with Crippen molar-refractivity contribution in [3.63, 3.8) is 0 Å². The highest BCUT2D eigenvalue weighted by Gasteiger charge is 2.09. The van der Waals surface area contributed by atoms with Crippen LogP contribution in [0.5, 0.6) is 0 Å². The quantitative estimate of drug-likeness (QED) is 0.722. The zero-order valence-electron chi connectivity index (χ0n) is 10.3. The summed E-state index contributed by atoms with van der Waals surface area (Å²) >= 11 is 0. The van der Waals surface area contributed by atoms with Crippen LogP contribution in [0.3, 0.4) is 0 Å². The van der Waals surface area contributed by atoms with E-state index in [-0.39, 0.29) is 0 Å². The monoisotopic (exact) mass is 242 g/mol. The Hall–Kier alpha value is -2.14. The van der Waals surface area contributed by atoms with Crippen LogP contribution in [-0.2, 0) is 7.05 Å².